The second-order valence-corrected chi connectivity index (χ2v) is 7.58. The number of ether oxygens (including phenoxy) is 1. The van der Waals surface area contributed by atoms with Gasteiger partial charge in [0, 0.05) is 16.5 Å². The molecule has 2 aromatic carbocycles. The number of hydrazone groups is 1. The van der Waals surface area contributed by atoms with E-state index in [1.807, 2.05) is 53.9 Å². The molecule has 142 valence electrons. The number of carbonyl (C=O) groups excluding carboxylic acids is 1. The third kappa shape index (κ3) is 4.12. The minimum Gasteiger partial charge on any atom is -0.497 e. The summed E-state index contributed by atoms with van der Waals surface area (Å²) in [7, 11) is 1.67. The highest BCUT2D eigenvalue weighted by Crippen LogP contribution is 2.26. The molecule has 5 nitrogen and oxygen atoms in total. The largest absolute Gasteiger partial charge is 0.497 e. The Kier molecular flexibility index (Phi) is 5.48. The number of methoxy groups -OCH3 is 1. The molecule has 0 atom stereocenters. The first kappa shape index (κ1) is 18.4. The van der Waals surface area contributed by atoms with Crippen molar-refractivity contribution in [3.63, 3.8) is 0 Å². The van der Waals surface area contributed by atoms with Crippen LogP contribution in [0.1, 0.15) is 29.0 Å². The van der Waals surface area contributed by atoms with E-state index in [2.05, 4.69) is 15.5 Å². The van der Waals surface area contributed by atoms with Gasteiger partial charge in [0.1, 0.15) is 10.8 Å². The van der Waals surface area contributed by atoms with Crippen LogP contribution >= 0.6 is 11.3 Å². The van der Waals surface area contributed by atoms with Crippen LogP contribution < -0.4 is 10.2 Å². The van der Waals surface area contributed by atoms with Gasteiger partial charge in [-0.25, -0.2) is 10.4 Å². The smallest absolute Gasteiger partial charge is 0.246 e. The molecule has 0 aliphatic heterocycles. The van der Waals surface area contributed by atoms with Crippen molar-refractivity contribution in [3.8, 4) is 17.0 Å². The molecule has 0 unspecified atom stereocenters. The highest BCUT2D eigenvalue weighted by Gasteiger charge is 2.17. The third-order valence-corrected chi connectivity index (χ3v) is 5.58. The van der Waals surface area contributed by atoms with E-state index in [1.165, 1.54) is 16.9 Å². The van der Waals surface area contributed by atoms with Gasteiger partial charge in [0.05, 0.1) is 24.9 Å². The lowest BCUT2D eigenvalue weighted by molar-refractivity contribution is -0.120. The number of benzene rings is 2. The molecule has 1 aromatic heterocycles. The minimum absolute atomic E-state index is 0.151. The highest BCUT2D eigenvalue weighted by atomic mass is 32.1. The zero-order valence-electron chi connectivity index (χ0n) is 15.6. The molecular weight excluding hydrogens is 370 g/mol. The Labute approximate surface area is 168 Å². The van der Waals surface area contributed by atoms with Crippen molar-refractivity contribution in [2.24, 2.45) is 5.10 Å². The Morgan fingerprint density at radius 3 is 2.89 bits per heavy atom. The first-order chi connectivity index (χ1) is 13.7. The number of carbonyl (C=O) groups is 1. The van der Waals surface area contributed by atoms with Gasteiger partial charge < -0.3 is 4.74 Å². The fraction of sp³-hybridized carbons (Fsp3) is 0.227. The molecule has 28 heavy (non-hydrogen) atoms. The van der Waals surface area contributed by atoms with Crippen LogP contribution in [0.2, 0.25) is 0 Å². The summed E-state index contributed by atoms with van der Waals surface area (Å²) < 4.78 is 5.30. The van der Waals surface area contributed by atoms with Gasteiger partial charge in [-0.3, -0.25) is 4.79 Å². The van der Waals surface area contributed by atoms with E-state index in [-0.39, 0.29) is 12.3 Å². The normalized spacial score (nSPS) is 14.5. The van der Waals surface area contributed by atoms with Crippen LogP contribution in [0.3, 0.4) is 0 Å². The number of rotatable bonds is 5. The molecule has 0 saturated heterocycles. The number of hydrogen-bond donors (Lipinski definition) is 1. The fourth-order valence-electron chi connectivity index (χ4n) is 3.32. The average molecular weight is 391 g/mol. The molecule has 1 amide bonds. The lowest BCUT2D eigenvalue weighted by Crippen LogP contribution is -2.23. The number of amides is 1. The molecule has 0 spiro atoms. The zero-order valence-corrected chi connectivity index (χ0v) is 16.5. The molecule has 3 aromatic rings. The van der Waals surface area contributed by atoms with E-state index >= 15 is 0 Å². The van der Waals surface area contributed by atoms with Crippen molar-refractivity contribution < 1.29 is 9.53 Å². The van der Waals surface area contributed by atoms with E-state index in [0.29, 0.717) is 0 Å². The highest BCUT2D eigenvalue weighted by molar-refractivity contribution is 7.10. The topological polar surface area (TPSA) is 63.6 Å². The number of aryl methyl sites for hydroxylation is 1. The predicted molar refractivity (Wildman–Crippen MR) is 112 cm³/mol. The average Bonchev–Trinajstić information content (AvgIpc) is 3.20. The first-order valence-electron chi connectivity index (χ1n) is 9.25. The van der Waals surface area contributed by atoms with Gasteiger partial charge in [-0.2, -0.15) is 5.10 Å². The molecule has 6 heteroatoms. The van der Waals surface area contributed by atoms with Crippen LogP contribution in [0.15, 0.2) is 59.0 Å². The monoisotopic (exact) mass is 391 g/mol. The minimum atomic E-state index is -0.151. The van der Waals surface area contributed by atoms with Gasteiger partial charge in [0.2, 0.25) is 5.91 Å². The van der Waals surface area contributed by atoms with Gasteiger partial charge in [-0.05, 0) is 43.0 Å². The van der Waals surface area contributed by atoms with Crippen molar-refractivity contribution in [1.82, 2.24) is 10.4 Å². The van der Waals surface area contributed by atoms with Crippen molar-refractivity contribution >= 4 is 23.0 Å². The van der Waals surface area contributed by atoms with E-state index in [1.54, 1.807) is 7.11 Å². The maximum Gasteiger partial charge on any atom is 0.246 e. The van der Waals surface area contributed by atoms with E-state index in [9.17, 15) is 4.79 Å². The summed E-state index contributed by atoms with van der Waals surface area (Å²) >= 11 is 1.49. The van der Waals surface area contributed by atoms with E-state index < -0.39 is 0 Å². The first-order valence-corrected chi connectivity index (χ1v) is 10.1. The van der Waals surface area contributed by atoms with E-state index in [0.717, 1.165) is 52.6 Å². The summed E-state index contributed by atoms with van der Waals surface area (Å²) in [6.07, 6.45) is 3.10. The van der Waals surface area contributed by atoms with Crippen molar-refractivity contribution in [2.45, 2.75) is 25.7 Å². The zero-order chi connectivity index (χ0) is 19.3. The van der Waals surface area contributed by atoms with Crippen molar-refractivity contribution in [2.75, 3.05) is 7.11 Å². The second kappa shape index (κ2) is 8.35. The quantitative estimate of drug-likeness (QED) is 0.663. The van der Waals surface area contributed by atoms with Crippen LogP contribution in [0.25, 0.3) is 11.3 Å². The summed E-state index contributed by atoms with van der Waals surface area (Å²) in [4.78, 5) is 16.9. The standard InChI is InChI=1S/C22H21N3O2S/c1-27-17-10-11-18-16(12-17)8-5-9-19(18)24-25-21(26)13-22-23-20(14-28-22)15-6-3-2-4-7-15/h2-4,6-7,10-12,14H,5,8-9,13H2,1H3,(H,25,26)/b24-19-. The Balaban J connectivity index is 1.42. The molecule has 0 fully saturated rings. The lowest BCUT2D eigenvalue weighted by Gasteiger charge is -2.18. The maximum atomic E-state index is 12.3. The summed E-state index contributed by atoms with van der Waals surface area (Å²) in [5.74, 6) is 0.698. The molecular formula is C22H21N3O2S. The SMILES string of the molecule is COc1ccc2c(c1)CCC/C2=N/NC(=O)Cc1nc(-c2ccccc2)cs1. The molecule has 1 aliphatic carbocycles. The van der Waals surface area contributed by atoms with Crippen LogP contribution in [-0.2, 0) is 17.6 Å². The van der Waals surface area contributed by atoms with Crippen LogP contribution in [-0.4, -0.2) is 23.7 Å². The Morgan fingerprint density at radius 2 is 2.07 bits per heavy atom. The van der Waals surface area contributed by atoms with Gasteiger partial charge in [-0.15, -0.1) is 11.3 Å². The summed E-state index contributed by atoms with van der Waals surface area (Å²) in [6, 6.07) is 16.0. The van der Waals surface area contributed by atoms with Crippen LogP contribution in [0.4, 0.5) is 0 Å². The molecule has 0 saturated carbocycles. The fourth-order valence-corrected chi connectivity index (χ4v) is 4.12. The van der Waals surface area contributed by atoms with Crippen molar-refractivity contribution in [3.05, 3.63) is 70.0 Å². The van der Waals surface area contributed by atoms with Crippen molar-refractivity contribution in [1.29, 1.82) is 0 Å². The van der Waals surface area contributed by atoms with Gasteiger partial charge in [0.25, 0.3) is 0 Å². The summed E-state index contributed by atoms with van der Waals surface area (Å²) in [5.41, 5.74) is 7.88. The second-order valence-electron chi connectivity index (χ2n) is 6.64. The summed E-state index contributed by atoms with van der Waals surface area (Å²) in [6.45, 7) is 0. The van der Waals surface area contributed by atoms with Gasteiger partial charge in [0.15, 0.2) is 0 Å². The number of aromatic nitrogens is 1. The number of nitrogens with zero attached hydrogens (tertiary/aromatic N) is 2. The Hall–Kier alpha value is -2.99. The number of hydrogen-bond acceptors (Lipinski definition) is 5. The molecule has 1 N–H and O–H groups in total. The molecule has 4 rings (SSSR count). The van der Waals surface area contributed by atoms with Crippen LogP contribution in [0.5, 0.6) is 5.75 Å². The van der Waals surface area contributed by atoms with Crippen LogP contribution in [0, 0.1) is 0 Å². The third-order valence-electron chi connectivity index (χ3n) is 4.73. The molecule has 0 radical (unpaired) electrons. The maximum absolute atomic E-state index is 12.3. The van der Waals surface area contributed by atoms with Gasteiger partial charge in [-0.1, -0.05) is 30.3 Å². The predicted octanol–water partition coefficient (Wildman–Crippen LogP) is 4.22. The van der Waals surface area contributed by atoms with Gasteiger partial charge >= 0.3 is 0 Å². The summed E-state index contributed by atoms with van der Waals surface area (Å²) in [5, 5.41) is 7.16. The molecule has 1 heterocycles. The van der Waals surface area contributed by atoms with E-state index in [4.69, 9.17) is 4.74 Å². The molecule has 1 aliphatic rings. The lowest BCUT2D eigenvalue weighted by atomic mass is 9.90. The molecule has 0 bridgehead atoms. The number of thiazole rings is 1. The Morgan fingerprint density at radius 1 is 1.21 bits per heavy atom. The number of nitrogens with one attached hydrogen (secondary N) is 1. The number of fused-ring (bicyclic) bond motifs is 1. The Bertz CT molecular complexity index is 1010.